The van der Waals surface area contributed by atoms with Crippen molar-refractivity contribution in [1.29, 1.82) is 0 Å². The third-order valence-electron chi connectivity index (χ3n) is 3.33. The van der Waals surface area contributed by atoms with E-state index >= 15 is 0 Å². The third-order valence-corrected chi connectivity index (χ3v) is 3.66. The van der Waals surface area contributed by atoms with E-state index in [0.717, 1.165) is 6.54 Å². The maximum absolute atomic E-state index is 12.3. The second kappa shape index (κ2) is 6.30. The molecule has 2 atom stereocenters. The standard InChI is InChI=1S/C13H18ClN3O3/c1-20-12-5-9(15)8(14)4-7(12)13(19)17-10-2-3-16-6-11(10)18/h4-5,10-11,16,18H,2-3,6,15H2,1H3,(H,17,19)/t10-,11+/m0/s1. The molecule has 1 aromatic rings. The predicted molar refractivity (Wildman–Crippen MR) is 77.2 cm³/mol. The van der Waals surface area contributed by atoms with Crippen LogP contribution >= 0.6 is 11.6 Å². The number of amides is 1. The van der Waals surface area contributed by atoms with E-state index in [9.17, 15) is 9.90 Å². The summed E-state index contributed by atoms with van der Waals surface area (Å²) in [5.41, 5.74) is 6.33. The lowest BCUT2D eigenvalue weighted by atomic mass is 10.0. The number of piperidine rings is 1. The molecule has 1 aromatic carbocycles. The van der Waals surface area contributed by atoms with Crippen LogP contribution in [0.1, 0.15) is 16.8 Å². The van der Waals surface area contributed by atoms with Crippen molar-refractivity contribution in [2.24, 2.45) is 0 Å². The molecule has 0 radical (unpaired) electrons. The average Bonchev–Trinajstić information content (AvgIpc) is 2.43. The van der Waals surface area contributed by atoms with Crippen LogP contribution in [0.5, 0.6) is 5.75 Å². The van der Waals surface area contributed by atoms with E-state index in [0.29, 0.717) is 35.0 Å². The van der Waals surface area contributed by atoms with E-state index in [1.807, 2.05) is 0 Å². The number of aliphatic hydroxyl groups excluding tert-OH is 1. The van der Waals surface area contributed by atoms with Gasteiger partial charge in [-0.2, -0.15) is 0 Å². The summed E-state index contributed by atoms with van der Waals surface area (Å²) in [6, 6.07) is 2.69. The van der Waals surface area contributed by atoms with Gasteiger partial charge in [0.05, 0.1) is 35.5 Å². The number of nitrogens with two attached hydrogens (primary N) is 1. The zero-order valence-corrected chi connectivity index (χ0v) is 11.9. The van der Waals surface area contributed by atoms with Gasteiger partial charge in [-0.3, -0.25) is 4.79 Å². The summed E-state index contributed by atoms with van der Waals surface area (Å²) in [5, 5.41) is 16.0. The van der Waals surface area contributed by atoms with Crippen molar-refractivity contribution >= 4 is 23.2 Å². The SMILES string of the molecule is COc1cc(N)c(Cl)cc1C(=O)N[C@H]1CCNC[C@H]1O. The number of benzene rings is 1. The molecule has 6 nitrogen and oxygen atoms in total. The maximum atomic E-state index is 12.3. The summed E-state index contributed by atoms with van der Waals surface area (Å²) in [7, 11) is 1.46. The summed E-state index contributed by atoms with van der Waals surface area (Å²) >= 11 is 5.94. The number of ether oxygens (including phenoxy) is 1. The fourth-order valence-electron chi connectivity index (χ4n) is 2.17. The number of carbonyl (C=O) groups excluding carboxylic acids is 1. The van der Waals surface area contributed by atoms with E-state index in [2.05, 4.69) is 10.6 Å². The van der Waals surface area contributed by atoms with Gasteiger partial charge >= 0.3 is 0 Å². The van der Waals surface area contributed by atoms with Gasteiger partial charge in [0.15, 0.2) is 0 Å². The summed E-state index contributed by atoms with van der Waals surface area (Å²) in [5.74, 6) is 0.0162. The lowest BCUT2D eigenvalue weighted by Gasteiger charge is -2.29. The average molecular weight is 300 g/mol. The van der Waals surface area contributed by atoms with Gasteiger partial charge in [0.2, 0.25) is 0 Å². The number of rotatable bonds is 3. The Morgan fingerprint density at radius 3 is 3.00 bits per heavy atom. The van der Waals surface area contributed by atoms with Crippen LogP contribution in [0.25, 0.3) is 0 Å². The molecule has 0 saturated carbocycles. The smallest absolute Gasteiger partial charge is 0.255 e. The van der Waals surface area contributed by atoms with E-state index < -0.39 is 6.10 Å². The van der Waals surface area contributed by atoms with Crippen LogP contribution in [-0.2, 0) is 0 Å². The molecule has 110 valence electrons. The number of nitrogen functional groups attached to an aromatic ring is 1. The molecule has 5 N–H and O–H groups in total. The molecule has 0 bridgehead atoms. The number of carbonyl (C=O) groups is 1. The summed E-state index contributed by atoms with van der Waals surface area (Å²) in [6.07, 6.45) is 0.0562. The van der Waals surface area contributed by atoms with Gasteiger partial charge in [-0.1, -0.05) is 11.6 Å². The molecule has 0 aliphatic carbocycles. The van der Waals surface area contributed by atoms with Crippen molar-refractivity contribution in [3.8, 4) is 5.75 Å². The Labute approximate surface area is 122 Å². The van der Waals surface area contributed by atoms with Gasteiger partial charge < -0.3 is 26.2 Å². The van der Waals surface area contributed by atoms with Crippen LogP contribution in [-0.4, -0.2) is 43.4 Å². The number of methoxy groups -OCH3 is 1. The quantitative estimate of drug-likeness (QED) is 0.605. The number of hydrogen-bond acceptors (Lipinski definition) is 5. The Morgan fingerprint density at radius 2 is 2.35 bits per heavy atom. The van der Waals surface area contributed by atoms with E-state index in [1.54, 1.807) is 0 Å². The summed E-state index contributed by atoms with van der Waals surface area (Å²) in [6.45, 7) is 1.21. The molecule has 1 aliphatic heterocycles. The van der Waals surface area contributed by atoms with Crippen molar-refractivity contribution in [2.75, 3.05) is 25.9 Å². The van der Waals surface area contributed by atoms with E-state index in [-0.39, 0.29) is 11.9 Å². The number of β-amino-alcohol motifs (C(OH)–C–C–N with tert-alkyl or cyclic N) is 1. The van der Waals surface area contributed by atoms with Crippen LogP contribution in [0.3, 0.4) is 0 Å². The van der Waals surface area contributed by atoms with E-state index in [1.165, 1.54) is 19.2 Å². The lowest BCUT2D eigenvalue weighted by molar-refractivity contribution is 0.0763. The summed E-state index contributed by atoms with van der Waals surface area (Å²) < 4.78 is 5.14. The molecule has 2 rings (SSSR count). The Hall–Kier alpha value is -1.50. The number of anilines is 1. The summed E-state index contributed by atoms with van der Waals surface area (Å²) in [4.78, 5) is 12.3. The van der Waals surface area contributed by atoms with Gasteiger partial charge in [0.1, 0.15) is 5.75 Å². The molecule has 1 heterocycles. The number of nitrogens with one attached hydrogen (secondary N) is 2. The van der Waals surface area contributed by atoms with Crippen molar-refractivity contribution in [3.63, 3.8) is 0 Å². The largest absolute Gasteiger partial charge is 0.496 e. The van der Waals surface area contributed by atoms with Gasteiger partial charge in [-0.15, -0.1) is 0 Å². The Balaban J connectivity index is 2.18. The first-order chi connectivity index (χ1) is 9.52. The molecule has 0 unspecified atom stereocenters. The lowest BCUT2D eigenvalue weighted by Crippen LogP contribution is -2.52. The van der Waals surface area contributed by atoms with Crippen LogP contribution in [0, 0.1) is 0 Å². The second-order valence-electron chi connectivity index (χ2n) is 4.71. The highest BCUT2D eigenvalue weighted by molar-refractivity contribution is 6.33. The highest BCUT2D eigenvalue weighted by Crippen LogP contribution is 2.28. The highest BCUT2D eigenvalue weighted by atomic mass is 35.5. The Kier molecular flexibility index (Phi) is 4.69. The van der Waals surface area contributed by atoms with Crippen molar-refractivity contribution in [3.05, 3.63) is 22.7 Å². The monoisotopic (exact) mass is 299 g/mol. The van der Waals surface area contributed by atoms with E-state index in [4.69, 9.17) is 22.1 Å². The molecule has 1 amide bonds. The van der Waals surface area contributed by atoms with Crippen molar-refractivity contribution in [2.45, 2.75) is 18.6 Å². The van der Waals surface area contributed by atoms with Crippen molar-refractivity contribution < 1.29 is 14.6 Å². The molecule has 7 heteroatoms. The first-order valence-corrected chi connectivity index (χ1v) is 6.73. The molecular weight excluding hydrogens is 282 g/mol. The molecule has 1 fully saturated rings. The van der Waals surface area contributed by atoms with Crippen LogP contribution in [0.15, 0.2) is 12.1 Å². The Morgan fingerprint density at radius 1 is 1.60 bits per heavy atom. The Bertz CT molecular complexity index is 510. The highest BCUT2D eigenvalue weighted by Gasteiger charge is 2.26. The third kappa shape index (κ3) is 3.15. The fraction of sp³-hybridized carbons (Fsp3) is 0.462. The maximum Gasteiger partial charge on any atom is 0.255 e. The minimum absolute atomic E-state index is 0.287. The molecule has 20 heavy (non-hydrogen) atoms. The van der Waals surface area contributed by atoms with Crippen molar-refractivity contribution in [1.82, 2.24) is 10.6 Å². The fourth-order valence-corrected chi connectivity index (χ4v) is 2.34. The van der Waals surface area contributed by atoms with Crippen LogP contribution < -0.4 is 21.1 Å². The predicted octanol–water partition coefficient (Wildman–Crippen LogP) is 0.383. The topological polar surface area (TPSA) is 96.6 Å². The van der Waals surface area contributed by atoms with Gasteiger partial charge in [0, 0.05) is 12.6 Å². The number of aliphatic hydroxyl groups is 1. The number of halogens is 1. The van der Waals surface area contributed by atoms with Crippen LogP contribution in [0.2, 0.25) is 5.02 Å². The number of hydrogen-bond donors (Lipinski definition) is 4. The van der Waals surface area contributed by atoms with Crippen LogP contribution in [0.4, 0.5) is 5.69 Å². The van der Waals surface area contributed by atoms with Gasteiger partial charge in [0.25, 0.3) is 5.91 Å². The minimum atomic E-state index is -0.608. The van der Waals surface area contributed by atoms with Gasteiger partial charge in [-0.25, -0.2) is 0 Å². The first kappa shape index (κ1) is 14.9. The van der Waals surface area contributed by atoms with Gasteiger partial charge in [-0.05, 0) is 19.0 Å². The molecule has 0 spiro atoms. The zero-order valence-electron chi connectivity index (χ0n) is 11.1. The normalized spacial score (nSPS) is 22.4. The first-order valence-electron chi connectivity index (χ1n) is 6.35. The molecule has 1 saturated heterocycles. The zero-order chi connectivity index (χ0) is 14.7. The molecule has 0 aromatic heterocycles. The second-order valence-corrected chi connectivity index (χ2v) is 5.12. The minimum Gasteiger partial charge on any atom is -0.496 e. The molecule has 1 aliphatic rings. The molecular formula is C13H18ClN3O3.